The Kier molecular flexibility index (Phi) is 3.74. The summed E-state index contributed by atoms with van der Waals surface area (Å²) in [5.74, 6) is 0. The SMILES string of the molecule is C1=CCC(P2Cc3c(ccc4ccccc34)-c3ccc4ccccc4c3C2)=C1. The summed E-state index contributed by atoms with van der Waals surface area (Å²) in [6.07, 6.45) is 10.4. The number of benzene rings is 4. The first kappa shape index (κ1) is 16.3. The Hall–Kier alpha value is -2.69. The number of hydrogen-bond donors (Lipinski definition) is 0. The Bertz CT molecular complexity index is 1210. The van der Waals surface area contributed by atoms with Gasteiger partial charge in [0.2, 0.25) is 0 Å². The molecule has 0 nitrogen and oxygen atoms in total. The number of fused-ring (bicyclic) bond motifs is 7. The van der Waals surface area contributed by atoms with Crippen molar-refractivity contribution in [2.45, 2.75) is 18.7 Å². The largest absolute Gasteiger partial charge is 0.0801 e. The molecule has 0 amide bonds. The lowest BCUT2D eigenvalue weighted by atomic mass is 9.90. The first-order chi connectivity index (χ1) is 13.9. The average Bonchev–Trinajstić information content (AvgIpc) is 3.22. The molecule has 1 heteroatoms. The van der Waals surface area contributed by atoms with Crippen LogP contribution in [0.1, 0.15) is 17.5 Å². The van der Waals surface area contributed by atoms with Gasteiger partial charge in [-0.15, -0.1) is 0 Å². The van der Waals surface area contributed by atoms with E-state index in [0.717, 1.165) is 6.42 Å². The topological polar surface area (TPSA) is 0 Å². The summed E-state index contributed by atoms with van der Waals surface area (Å²) in [6.45, 7) is 0. The van der Waals surface area contributed by atoms with Crippen LogP contribution in [0, 0.1) is 0 Å². The summed E-state index contributed by atoms with van der Waals surface area (Å²) >= 11 is 0. The molecule has 134 valence electrons. The molecule has 0 saturated heterocycles. The summed E-state index contributed by atoms with van der Waals surface area (Å²) in [7, 11) is -0.220. The van der Waals surface area contributed by atoms with Crippen molar-refractivity contribution in [3.05, 3.63) is 107 Å². The van der Waals surface area contributed by atoms with Gasteiger partial charge in [0.05, 0.1) is 0 Å². The molecule has 0 atom stereocenters. The van der Waals surface area contributed by atoms with Gasteiger partial charge in [0.1, 0.15) is 0 Å². The molecule has 4 aromatic rings. The van der Waals surface area contributed by atoms with Crippen LogP contribution < -0.4 is 0 Å². The van der Waals surface area contributed by atoms with Crippen LogP contribution in [0.15, 0.2) is 96.3 Å². The van der Waals surface area contributed by atoms with Crippen LogP contribution in [0.2, 0.25) is 0 Å². The number of allylic oxidation sites excluding steroid dienone is 4. The zero-order chi connectivity index (χ0) is 18.5. The molecule has 0 N–H and O–H groups in total. The quantitative estimate of drug-likeness (QED) is 0.295. The maximum atomic E-state index is 2.38. The van der Waals surface area contributed by atoms with Gasteiger partial charge >= 0.3 is 0 Å². The lowest BCUT2D eigenvalue weighted by Crippen LogP contribution is -1.91. The molecule has 1 heterocycles. The minimum absolute atomic E-state index is 0.220. The highest BCUT2D eigenvalue weighted by molar-refractivity contribution is 7.60. The Morgan fingerprint density at radius 3 is 1.71 bits per heavy atom. The van der Waals surface area contributed by atoms with E-state index in [-0.39, 0.29) is 7.92 Å². The molecule has 1 aliphatic carbocycles. The highest BCUT2D eigenvalue weighted by Crippen LogP contribution is 2.58. The van der Waals surface area contributed by atoms with Crippen molar-refractivity contribution in [3.63, 3.8) is 0 Å². The van der Waals surface area contributed by atoms with Crippen molar-refractivity contribution in [3.8, 4) is 11.1 Å². The zero-order valence-electron chi connectivity index (χ0n) is 15.7. The summed E-state index contributed by atoms with van der Waals surface area (Å²) in [6, 6.07) is 27.1. The summed E-state index contributed by atoms with van der Waals surface area (Å²) in [5.41, 5.74) is 5.98. The van der Waals surface area contributed by atoms with Gasteiger partial charge in [0, 0.05) is 0 Å². The fourth-order valence-electron chi connectivity index (χ4n) is 4.83. The Morgan fingerprint density at radius 2 is 1.18 bits per heavy atom. The molecule has 0 radical (unpaired) electrons. The van der Waals surface area contributed by atoms with Crippen LogP contribution >= 0.6 is 7.92 Å². The van der Waals surface area contributed by atoms with Crippen molar-refractivity contribution < 1.29 is 0 Å². The van der Waals surface area contributed by atoms with Gasteiger partial charge in [0.25, 0.3) is 0 Å². The zero-order valence-corrected chi connectivity index (χ0v) is 16.6. The molecule has 2 aliphatic rings. The molecule has 0 saturated carbocycles. The highest BCUT2D eigenvalue weighted by Gasteiger charge is 2.26. The van der Waals surface area contributed by atoms with Crippen LogP contribution in [0.4, 0.5) is 0 Å². The maximum absolute atomic E-state index is 2.38. The van der Waals surface area contributed by atoms with Crippen molar-refractivity contribution in [1.82, 2.24) is 0 Å². The highest BCUT2D eigenvalue weighted by atomic mass is 31.1. The van der Waals surface area contributed by atoms with Gasteiger partial charge in [-0.3, -0.25) is 0 Å². The standard InChI is InChI=1S/C27H21P/c1-5-11-22-19(7-1)13-15-24-25-16-14-20-8-2-6-12-23(20)27(25)18-28(17-26(22)24)21-9-3-4-10-21/h1-9,11-16H,10,17-18H2. The number of hydrogen-bond acceptors (Lipinski definition) is 0. The van der Waals surface area contributed by atoms with E-state index in [1.807, 2.05) is 0 Å². The van der Waals surface area contributed by atoms with E-state index < -0.39 is 0 Å². The predicted octanol–water partition coefficient (Wildman–Crippen LogP) is 8.00. The van der Waals surface area contributed by atoms with Gasteiger partial charge in [-0.1, -0.05) is 98.9 Å². The molecular weight excluding hydrogens is 355 g/mol. The molecule has 28 heavy (non-hydrogen) atoms. The Labute approximate surface area is 167 Å². The average molecular weight is 376 g/mol. The number of rotatable bonds is 1. The van der Waals surface area contributed by atoms with Crippen LogP contribution in [-0.4, -0.2) is 0 Å². The molecule has 0 unspecified atom stereocenters. The van der Waals surface area contributed by atoms with Crippen molar-refractivity contribution in [1.29, 1.82) is 0 Å². The van der Waals surface area contributed by atoms with Gasteiger partial charge in [-0.25, -0.2) is 0 Å². The Morgan fingerprint density at radius 1 is 0.607 bits per heavy atom. The second-order valence-corrected chi connectivity index (χ2v) is 10.1. The summed E-state index contributed by atoms with van der Waals surface area (Å²) < 4.78 is 0. The van der Waals surface area contributed by atoms with Crippen LogP contribution in [0.3, 0.4) is 0 Å². The predicted molar refractivity (Wildman–Crippen MR) is 123 cm³/mol. The molecule has 0 spiro atoms. The van der Waals surface area contributed by atoms with E-state index in [0.29, 0.717) is 0 Å². The molecule has 1 aliphatic heterocycles. The van der Waals surface area contributed by atoms with Crippen molar-refractivity contribution in [2.24, 2.45) is 0 Å². The van der Waals surface area contributed by atoms with Gasteiger partial charge < -0.3 is 0 Å². The first-order valence-corrected chi connectivity index (χ1v) is 11.7. The molecule has 4 aromatic carbocycles. The van der Waals surface area contributed by atoms with E-state index in [4.69, 9.17) is 0 Å². The third kappa shape index (κ3) is 2.49. The molecule has 6 rings (SSSR count). The van der Waals surface area contributed by atoms with Crippen LogP contribution in [0.25, 0.3) is 32.7 Å². The van der Waals surface area contributed by atoms with Gasteiger partial charge in [-0.2, -0.15) is 0 Å². The minimum atomic E-state index is -0.220. The summed E-state index contributed by atoms with van der Waals surface area (Å²) in [5, 5.41) is 7.23. The third-order valence-electron chi connectivity index (χ3n) is 6.23. The minimum Gasteiger partial charge on any atom is -0.0801 e. The van der Waals surface area contributed by atoms with Gasteiger partial charge in [0.15, 0.2) is 0 Å². The van der Waals surface area contributed by atoms with Crippen LogP contribution in [-0.2, 0) is 12.3 Å². The monoisotopic (exact) mass is 376 g/mol. The fraction of sp³-hybridized carbons (Fsp3) is 0.111. The lowest BCUT2D eigenvalue weighted by Gasteiger charge is -2.19. The van der Waals surface area contributed by atoms with Crippen molar-refractivity contribution >= 4 is 29.5 Å². The lowest BCUT2D eigenvalue weighted by molar-refractivity contribution is 1.34. The summed E-state index contributed by atoms with van der Waals surface area (Å²) in [4.78, 5) is 0. The van der Waals surface area contributed by atoms with E-state index in [2.05, 4.69) is 91.0 Å². The first-order valence-electron chi connectivity index (χ1n) is 10.0. The Balaban J connectivity index is 1.68. The van der Waals surface area contributed by atoms with E-state index in [1.54, 1.807) is 16.4 Å². The van der Waals surface area contributed by atoms with E-state index >= 15 is 0 Å². The second kappa shape index (κ2) is 6.43. The molecular formula is C27H21P. The van der Waals surface area contributed by atoms with Crippen LogP contribution in [0.5, 0.6) is 0 Å². The third-order valence-corrected chi connectivity index (χ3v) is 8.77. The van der Waals surface area contributed by atoms with Gasteiger partial charge in [-0.05, 0) is 67.9 Å². The molecule has 0 fully saturated rings. The molecule has 0 bridgehead atoms. The van der Waals surface area contributed by atoms with Crippen molar-refractivity contribution in [2.75, 3.05) is 0 Å². The smallest absolute Gasteiger partial charge is 0.00204 e. The van der Waals surface area contributed by atoms with E-state index in [9.17, 15) is 0 Å². The van der Waals surface area contributed by atoms with E-state index in [1.165, 1.54) is 45.0 Å². The molecule has 0 aromatic heterocycles. The normalized spacial score (nSPS) is 16.1. The fourth-order valence-corrected chi connectivity index (χ4v) is 7.45. The maximum Gasteiger partial charge on any atom is -0.00204 e. The second-order valence-electron chi connectivity index (χ2n) is 7.77.